The molecule has 3 atom stereocenters. The van der Waals surface area contributed by atoms with Crippen LogP contribution >= 0.6 is 11.6 Å². The lowest BCUT2D eigenvalue weighted by atomic mass is 9.85. The van der Waals surface area contributed by atoms with Crippen molar-refractivity contribution in [3.8, 4) is 11.1 Å². The van der Waals surface area contributed by atoms with Crippen molar-refractivity contribution in [2.75, 3.05) is 6.61 Å². The van der Waals surface area contributed by atoms with Crippen LogP contribution in [0.4, 0.5) is 8.78 Å². The number of hydrogen-bond donors (Lipinski definition) is 1. The molecule has 0 spiro atoms. The van der Waals surface area contributed by atoms with Gasteiger partial charge in [0.05, 0.1) is 23.1 Å². The maximum Gasteiger partial charge on any atom is 0.232 e. The highest BCUT2D eigenvalue weighted by Crippen LogP contribution is 2.42. The number of carbonyl (C=O) groups is 1. The molecule has 1 saturated heterocycles. The number of carbonyl (C=O) groups excluding carboxylic acids is 1. The van der Waals surface area contributed by atoms with E-state index in [2.05, 4.69) is 4.99 Å². The van der Waals surface area contributed by atoms with Crippen molar-refractivity contribution in [2.45, 2.75) is 50.8 Å². The summed E-state index contributed by atoms with van der Waals surface area (Å²) < 4.78 is 33.7. The van der Waals surface area contributed by atoms with Gasteiger partial charge in [0.25, 0.3) is 0 Å². The van der Waals surface area contributed by atoms with Gasteiger partial charge in [-0.25, -0.2) is 13.8 Å². The van der Waals surface area contributed by atoms with Crippen LogP contribution < -0.4 is 5.73 Å². The van der Waals surface area contributed by atoms with Crippen molar-refractivity contribution in [3.05, 3.63) is 58.6 Å². The largest absolute Gasteiger partial charge is 0.378 e. The van der Waals surface area contributed by atoms with Gasteiger partial charge in [0, 0.05) is 23.8 Å². The number of benzene rings is 2. The first kappa shape index (κ1) is 21.7. The molecule has 5 nitrogen and oxygen atoms in total. The lowest BCUT2D eigenvalue weighted by molar-refractivity contribution is -0.133. The molecule has 1 fully saturated rings. The van der Waals surface area contributed by atoms with Crippen molar-refractivity contribution >= 4 is 23.5 Å². The molecule has 0 aromatic heterocycles. The first-order chi connectivity index (χ1) is 14.7. The summed E-state index contributed by atoms with van der Waals surface area (Å²) in [7, 11) is 0. The minimum Gasteiger partial charge on any atom is -0.378 e. The fourth-order valence-corrected chi connectivity index (χ4v) is 4.90. The first-order valence-corrected chi connectivity index (χ1v) is 10.6. The second-order valence-electron chi connectivity index (χ2n) is 8.34. The Morgan fingerprint density at radius 1 is 1.26 bits per heavy atom. The van der Waals surface area contributed by atoms with Crippen molar-refractivity contribution in [1.82, 2.24) is 4.90 Å². The molecule has 2 aromatic carbocycles. The molecule has 1 amide bonds. The molecular weight excluding hydrogens is 424 g/mol. The summed E-state index contributed by atoms with van der Waals surface area (Å²) >= 11 is 6.65. The van der Waals surface area contributed by atoms with E-state index in [9.17, 15) is 13.6 Å². The molecule has 4 rings (SSSR count). The molecule has 0 aliphatic carbocycles. The molecular formula is C23H24ClF2N3O2. The third-order valence-corrected chi connectivity index (χ3v) is 6.40. The van der Waals surface area contributed by atoms with Gasteiger partial charge in [0.1, 0.15) is 11.6 Å². The van der Waals surface area contributed by atoms with Gasteiger partial charge in [0.2, 0.25) is 5.91 Å². The van der Waals surface area contributed by atoms with Crippen LogP contribution in [0.25, 0.3) is 11.1 Å². The molecule has 31 heavy (non-hydrogen) atoms. The highest BCUT2D eigenvalue weighted by atomic mass is 35.5. The highest BCUT2D eigenvalue weighted by molar-refractivity contribution is 6.34. The number of rotatable bonds is 3. The predicted octanol–water partition coefficient (Wildman–Crippen LogP) is 4.61. The van der Waals surface area contributed by atoms with Crippen LogP contribution in [0.3, 0.4) is 0 Å². The molecule has 2 aliphatic rings. The Morgan fingerprint density at radius 3 is 2.74 bits per heavy atom. The van der Waals surface area contributed by atoms with E-state index < -0.39 is 17.2 Å². The Morgan fingerprint density at radius 2 is 2.03 bits per heavy atom. The van der Waals surface area contributed by atoms with Crippen LogP contribution in [-0.2, 0) is 15.1 Å². The summed E-state index contributed by atoms with van der Waals surface area (Å²) in [6, 6.07) is 8.18. The van der Waals surface area contributed by atoms with E-state index in [-0.39, 0.29) is 41.0 Å². The van der Waals surface area contributed by atoms with E-state index >= 15 is 0 Å². The van der Waals surface area contributed by atoms with Crippen molar-refractivity contribution in [1.29, 1.82) is 0 Å². The first-order valence-electron chi connectivity index (χ1n) is 10.2. The Bertz CT molecular complexity index is 1060. The topological polar surface area (TPSA) is 67.9 Å². The van der Waals surface area contributed by atoms with Gasteiger partial charge in [-0.2, -0.15) is 0 Å². The van der Waals surface area contributed by atoms with Crippen molar-refractivity contribution < 1.29 is 18.3 Å². The molecule has 2 N–H and O–H groups in total. The standard InChI is InChI=1S/C23H24ClF2N3O2/c1-13-10-15(8-9-31-13)29-20(30)12-23(2,28-22(29)27)18-5-3-4-16(21(18)24)17-11-14(25)6-7-19(17)26/h3-7,11,13,15H,8-10,12H2,1-2H3,(H2,27,28)/t13-,15-,23-/m0/s1. The molecule has 0 radical (unpaired) electrons. The predicted molar refractivity (Wildman–Crippen MR) is 116 cm³/mol. The minimum atomic E-state index is -1.02. The smallest absolute Gasteiger partial charge is 0.232 e. The number of aliphatic imine (C=N–C) groups is 1. The SMILES string of the molecule is C[C@H]1C[C@@H](N2C(=O)C[C@@](C)(c3cccc(-c4cc(F)ccc4F)c3Cl)N=C2N)CCO1. The van der Waals surface area contributed by atoms with E-state index in [1.165, 1.54) is 0 Å². The quantitative estimate of drug-likeness (QED) is 0.746. The van der Waals surface area contributed by atoms with E-state index in [4.69, 9.17) is 22.1 Å². The zero-order valence-electron chi connectivity index (χ0n) is 17.4. The summed E-state index contributed by atoms with van der Waals surface area (Å²) in [5, 5.41) is 0.215. The van der Waals surface area contributed by atoms with Crippen LogP contribution in [0.5, 0.6) is 0 Å². The maximum absolute atomic E-state index is 14.4. The summed E-state index contributed by atoms with van der Waals surface area (Å²) in [5.41, 5.74) is 6.16. The van der Waals surface area contributed by atoms with Crippen LogP contribution in [0.1, 0.15) is 38.7 Å². The summed E-state index contributed by atoms with van der Waals surface area (Å²) in [6.07, 6.45) is 1.49. The zero-order chi connectivity index (χ0) is 22.3. The maximum atomic E-state index is 14.4. The van der Waals surface area contributed by atoms with E-state index in [1.807, 2.05) is 6.92 Å². The van der Waals surface area contributed by atoms with Gasteiger partial charge in [-0.05, 0) is 50.5 Å². The Hall–Kier alpha value is -2.51. The number of halogens is 3. The van der Waals surface area contributed by atoms with E-state index in [1.54, 1.807) is 30.0 Å². The second-order valence-corrected chi connectivity index (χ2v) is 8.71. The number of guanidine groups is 1. The summed E-state index contributed by atoms with van der Waals surface area (Å²) in [4.78, 5) is 19.4. The van der Waals surface area contributed by atoms with Gasteiger partial charge >= 0.3 is 0 Å². The average Bonchev–Trinajstić information content (AvgIpc) is 2.69. The number of nitrogens with zero attached hydrogens (tertiary/aromatic N) is 2. The Balaban J connectivity index is 1.73. The summed E-state index contributed by atoms with van der Waals surface area (Å²) in [5.74, 6) is -1.17. The number of nitrogens with two attached hydrogens (primary N) is 1. The fourth-order valence-electron chi connectivity index (χ4n) is 4.47. The van der Waals surface area contributed by atoms with Crippen molar-refractivity contribution in [3.63, 3.8) is 0 Å². The monoisotopic (exact) mass is 447 g/mol. The lowest BCUT2D eigenvalue weighted by Gasteiger charge is -2.41. The van der Waals surface area contributed by atoms with Crippen molar-refractivity contribution in [2.24, 2.45) is 10.7 Å². The minimum absolute atomic E-state index is 0.0416. The molecule has 0 unspecified atom stereocenters. The molecule has 0 saturated carbocycles. The van der Waals surface area contributed by atoms with Gasteiger partial charge in [-0.3, -0.25) is 9.69 Å². The molecule has 0 bridgehead atoms. The van der Waals surface area contributed by atoms with Gasteiger partial charge in [0.15, 0.2) is 5.96 Å². The Labute approximate surface area is 184 Å². The molecule has 8 heteroatoms. The number of hydrogen-bond acceptors (Lipinski definition) is 4. The number of amides is 1. The summed E-state index contributed by atoms with van der Waals surface area (Å²) in [6.45, 7) is 4.30. The Kier molecular flexibility index (Phi) is 5.75. The van der Waals surface area contributed by atoms with Crippen LogP contribution in [0.15, 0.2) is 41.4 Å². The number of ether oxygens (including phenoxy) is 1. The van der Waals surface area contributed by atoms with Crippen LogP contribution in [0, 0.1) is 11.6 Å². The third-order valence-electron chi connectivity index (χ3n) is 5.99. The second kappa shape index (κ2) is 8.20. The lowest BCUT2D eigenvalue weighted by Crippen LogP contribution is -2.56. The highest BCUT2D eigenvalue weighted by Gasteiger charge is 2.42. The molecule has 2 heterocycles. The van der Waals surface area contributed by atoms with Gasteiger partial charge in [-0.1, -0.05) is 29.8 Å². The molecule has 2 aromatic rings. The molecule has 164 valence electrons. The third kappa shape index (κ3) is 4.04. The fraction of sp³-hybridized carbons (Fsp3) is 0.391. The zero-order valence-corrected chi connectivity index (χ0v) is 18.1. The van der Waals surface area contributed by atoms with E-state index in [0.717, 1.165) is 18.2 Å². The van der Waals surface area contributed by atoms with Gasteiger partial charge < -0.3 is 10.5 Å². The van der Waals surface area contributed by atoms with Crippen LogP contribution in [-0.4, -0.2) is 35.5 Å². The van der Waals surface area contributed by atoms with Crippen LogP contribution in [0.2, 0.25) is 5.02 Å². The van der Waals surface area contributed by atoms with Gasteiger partial charge in [-0.15, -0.1) is 0 Å². The van der Waals surface area contributed by atoms with E-state index in [0.29, 0.717) is 30.6 Å². The normalized spacial score (nSPS) is 26.7. The molecule has 2 aliphatic heterocycles. The average molecular weight is 448 g/mol.